The summed E-state index contributed by atoms with van der Waals surface area (Å²) in [6, 6.07) is 20.0. The van der Waals surface area contributed by atoms with Crippen molar-refractivity contribution in [3.63, 3.8) is 0 Å². The highest BCUT2D eigenvalue weighted by molar-refractivity contribution is 5.87. The van der Waals surface area contributed by atoms with Gasteiger partial charge in [0.25, 0.3) is 5.91 Å². The number of nitrogens with zero attached hydrogens (tertiary/aromatic N) is 1. The number of hydrogen-bond acceptors (Lipinski definition) is 3. The van der Waals surface area contributed by atoms with E-state index in [1.165, 1.54) is 5.56 Å². The first-order valence-corrected chi connectivity index (χ1v) is 10.5. The first-order chi connectivity index (χ1) is 13.7. The summed E-state index contributed by atoms with van der Waals surface area (Å²) in [5.74, 6) is -0.228. The Kier molecular flexibility index (Phi) is 5.79. The first-order valence-electron chi connectivity index (χ1n) is 10.5. The Balaban J connectivity index is 1.43. The van der Waals surface area contributed by atoms with Crippen LogP contribution >= 0.6 is 0 Å². The Morgan fingerprint density at radius 1 is 1.00 bits per heavy atom. The number of carbonyl (C=O) groups excluding carboxylic acids is 1. The monoisotopic (exact) mass is 378 g/mol. The molecule has 1 amide bonds. The molecule has 28 heavy (non-hydrogen) atoms. The van der Waals surface area contributed by atoms with E-state index in [2.05, 4.69) is 34.5 Å². The van der Waals surface area contributed by atoms with E-state index in [1.807, 2.05) is 36.4 Å². The van der Waals surface area contributed by atoms with E-state index in [-0.39, 0.29) is 17.9 Å². The van der Waals surface area contributed by atoms with Gasteiger partial charge in [0.05, 0.1) is 0 Å². The van der Waals surface area contributed by atoms with Crippen molar-refractivity contribution >= 4 is 5.91 Å². The van der Waals surface area contributed by atoms with Crippen LogP contribution < -0.4 is 5.32 Å². The number of carbonyl (C=O) groups is 1. The summed E-state index contributed by atoms with van der Waals surface area (Å²) in [5.41, 5.74) is 0.588. The third kappa shape index (κ3) is 3.98. The summed E-state index contributed by atoms with van der Waals surface area (Å²) < 4.78 is 0. The molecule has 0 spiro atoms. The molecule has 2 aliphatic rings. The van der Waals surface area contributed by atoms with E-state index < -0.39 is 5.60 Å². The van der Waals surface area contributed by atoms with Crippen molar-refractivity contribution in [1.29, 1.82) is 0 Å². The van der Waals surface area contributed by atoms with Gasteiger partial charge in [0.15, 0.2) is 5.60 Å². The molecule has 2 atom stereocenters. The van der Waals surface area contributed by atoms with Gasteiger partial charge < -0.3 is 10.4 Å². The number of amides is 1. The van der Waals surface area contributed by atoms with Gasteiger partial charge in [-0.3, -0.25) is 9.69 Å². The van der Waals surface area contributed by atoms with Crippen LogP contribution in [0.25, 0.3) is 0 Å². The highest BCUT2D eigenvalue weighted by Gasteiger charge is 2.47. The SMILES string of the molecule is O=C(N[C@H]1CCN(Cc2ccccc2)C1)C(O)(c1ccccc1)C1CCCC1. The molecule has 2 fully saturated rings. The third-order valence-corrected chi connectivity index (χ3v) is 6.36. The molecule has 0 bridgehead atoms. The molecular weight excluding hydrogens is 348 g/mol. The molecule has 1 unspecified atom stereocenters. The van der Waals surface area contributed by atoms with Crippen molar-refractivity contribution in [2.45, 2.75) is 50.3 Å². The number of nitrogens with one attached hydrogen (secondary N) is 1. The molecule has 148 valence electrons. The number of rotatable bonds is 6. The fourth-order valence-electron chi connectivity index (χ4n) is 4.82. The van der Waals surface area contributed by atoms with Crippen LogP contribution in [0.1, 0.15) is 43.2 Å². The number of aliphatic hydroxyl groups is 1. The maximum atomic E-state index is 13.3. The second-order valence-electron chi connectivity index (χ2n) is 8.29. The molecule has 4 nitrogen and oxygen atoms in total. The van der Waals surface area contributed by atoms with Crippen molar-refractivity contribution in [3.05, 3.63) is 71.8 Å². The van der Waals surface area contributed by atoms with E-state index in [9.17, 15) is 9.90 Å². The van der Waals surface area contributed by atoms with Gasteiger partial charge in [0.2, 0.25) is 0 Å². The highest BCUT2D eigenvalue weighted by atomic mass is 16.3. The second kappa shape index (κ2) is 8.46. The average Bonchev–Trinajstić information content (AvgIpc) is 3.41. The molecule has 4 rings (SSSR count). The Morgan fingerprint density at radius 3 is 2.32 bits per heavy atom. The summed E-state index contributed by atoms with van der Waals surface area (Å²) in [4.78, 5) is 15.7. The first kappa shape index (κ1) is 19.2. The lowest BCUT2D eigenvalue weighted by Crippen LogP contribution is -2.52. The van der Waals surface area contributed by atoms with Crippen molar-refractivity contribution in [1.82, 2.24) is 10.2 Å². The number of hydrogen-bond donors (Lipinski definition) is 2. The molecule has 2 N–H and O–H groups in total. The summed E-state index contributed by atoms with van der Waals surface area (Å²) in [6.45, 7) is 2.70. The lowest BCUT2D eigenvalue weighted by molar-refractivity contribution is -0.148. The van der Waals surface area contributed by atoms with E-state index in [0.29, 0.717) is 0 Å². The molecule has 1 aliphatic heterocycles. The fourth-order valence-corrected chi connectivity index (χ4v) is 4.82. The molecule has 1 aliphatic carbocycles. The van der Waals surface area contributed by atoms with Gasteiger partial charge in [-0.25, -0.2) is 0 Å². The van der Waals surface area contributed by atoms with Crippen LogP contribution in [-0.2, 0) is 16.9 Å². The van der Waals surface area contributed by atoms with Crippen LogP contribution in [-0.4, -0.2) is 35.0 Å². The van der Waals surface area contributed by atoms with E-state index in [1.54, 1.807) is 0 Å². The zero-order valence-electron chi connectivity index (χ0n) is 16.4. The van der Waals surface area contributed by atoms with Gasteiger partial charge in [0, 0.05) is 31.6 Å². The Morgan fingerprint density at radius 2 is 1.64 bits per heavy atom. The van der Waals surface area contributed by atoms with Crippen molar-refractivity contribution in [2.24, 2.45) is 5.92 Å². The summed E-state index contributed by atoms with van der Waals surface area (Å²) in [7, 11) is 0. The molecular formula is C24H30N2O2. The van der Waals surface area contributed by atoms with Crippen molar-refractivity contribution in [2.75, 3.05) is 13.1 Å². The summed E-state index contributed by atoms with van der Waals surface area (Å²) in [6.07, 6.45) is 4.91. The van der Waals surface area contributed by atoms with Crippen LogP contribution in [0.15, 0.2) is 60.7 Å². The Bertz CT molecular complexity index is 774. The Labute approximate surface area is 167 Å². The minimum absolute atomic E-state index is 0.00303. The summed E-state index contributed by atoms with van der Waals surface area (Å²) in [5, 5.41) is 14.8. The largest absolute Gasteiger partial charge is 0.375 e. The average molecular weight is 379 g/mol. The van der Waals surface area contributed by atoms with Gasteiger partial charge >= 0.3 is 0 Å². The molecule has 2 aromatic carbocycles. The standard InChI is InChI=1S/C24H30N2O2/c27-23(24(28,21-13-7-8-14-21)20-11-5-2-6-12-20)25-22-15-16-26(18-22)17-19-9-3-1-4-10-19/h1-6,9-12,21-22,28H,7-8,13-18H2,(H,25,27)/t22-,24?/m0/s1. The molecule has 1 saturated carbocycles. The molecule has 0 radical (unpaired) electrons. The smallest absolute Gasteiger partial charge is 0.257 e. The van der Waals surface area contributed by atoms with E-state index in [0.717, 1.165) is 57.3 Å². The van der Waals surface area contributed by atoms with Crippen LogP contribution in [0.5, 0.6) is 0 Å². The number of likely N-dealkylation sites (tertiary alicyclic amines) is 1. The quantitative estimate of drug-likeness (QED) is 0.809. The zero-order chi connectivity index (χ0) is 19.4. The third-order valence-electron chi connectivity index (χ3n) is 6.36. The lowest BCUT2D eigenvalue weighted by Gasteiger charge is -2.34. The topological polar surface area (TPSA) is 52.6 Å². The van der Waals surface area contributed by atoms with Crippen LogP contribution in [0.4, 0.5) is 0 Å². The highest BCUT2D eigenvalue weighted by Crippen LogP contribution is 2.41. The number of benzene rings is 2. The normalized spacial score (nSPS) is 22.8. The zero-order valence-corrected chi connectivity index (χ0v) is 16.4. The van der Waals surface area contributed by atoms with Crippen molar-refractivity contribution < 1.29 is 9.90 Å². The predicted molar refractivity (Wildman–Crippen MR) is 111 cm³/mol. The fraction of sp³-hybridized carbons (Fsp3) is 0.458. The maximum absolute atomic E-state index is 13.3. The van der Waals surface area contributed by atoms with Gasteiger partial charge in [-0.1, -0.05) is 73.5 Å². The summed E-state index contributed by atoms with van der Waals surface area (Å²) >= 11 is 0. The van der Waals surface area contributed by atoms with Gasteiger partial charge in [-0.2, -0.15) is 0 Å². The van der Waals surface area contributed by atoms with Crippen molar-refractivity contribution in [3.8, 4) is 0 Å². The molecule has 0 aromatic heterocycles. The van der Waals surface area contributed by atoms with Crippen LogP contribution in [0, 0.1) is 5.92 Å². The second-order valence-corrected chi connectivity index (χ2v) is 8.29. The van der Waals surface area contributed by atoms with E-state index >= 15 is 0 Å². The van der Waals surface area contributed by atoms with Crippen LogP contribution in [0.2, 0.25) is 0 Å². The molecule has 1 saturated heterocycles. The minimum Gasteiger partial charge on any atom is -0.375 e. The predicted octanol–water partition coefficient (Wildman–Crippen LogP) is 3.46. The molecule has 1 heterocycles. The van der Waals surface area contributed by atoms with Gasteiger partial charge in [-0.05, 0) is 30.4 Å². The lowest BCUT2D eigenvalue weighted by atomic mass is 9.79. The van der Waals surface area contributed by atoms with Gasteiger partial charge in [0.1, 0.15) is 0 Å². The Hall–Kier alpha value is -2.17. The maximum Gasteiger partial charge on any atom is 0.257 e. The minimum atomic E-state index is -1.43. The van der Waals surface area contributed by atoms with Crippen LogP contribution in [0.3, 0.4) is 0 Å². The van der Waals surface area contributed by atoms with E-state index in [4.69, 9.17) is 0 Å². The molecule has 2 aromatic rings. The van der Waals surface area contributed by atoms with Gasteiger partial charge in [-0.15, -0.1) is 0 Å². The molecule has 4 heteroatoms.